The zero-order valence-electron chi connectivity index (χ0n) is 10.5. The highest BCUT2D eigenvalue weighted by atomic mass is 32.2. The number of carbonyl (C=O) groups is 1. The normalized spacial score (nSPS) is 12.9. The maximum atomic E-state index is 12.0. The van der Waals surface area contributed by atoms with Gasteiger partial charge in [-0.1, -0.05) is 13.8 Å². The first kappa shape index (κ1) is 13.2. The van der Waals surface area contributed by atoms with E-state index in [4.69, 9.17) is 4.42 Å². The Balaban J connectivity index is 2.81. The molecule has 1 aromatic heterocycles. The first-order valence-corrected chi connectivity index (χ1v) is 6.23. The van der Waals surface area contributed by atoms with Crippen molar-refractivity contribution in [2.24, 2.45) is 5.92 Å². The Morgan fingerprint density at radius 2 is 2.06 bits per heavy atom. The summed E-state index contributed by atoms with van der Waals surface area (Å²) < 4.78 is 5.24. The van der Waals surface area contributed by atoms with Gasteiger partial charge in [0.1, 0.15) is 5.76 Å². The third kappa shape index (κ3) is 3.04. The summed E-state index contributed by atoms with van der Waals surface area (Å²) in [5, 5.41) is -0.0497. The number of hydrogen-bond acceptors (Lipinski definition) is 3. The van der Waals surface area contributed by atoms with Crippen LogP contribution in [-0.4, -0.2) is 30.2 Å². The molecule has 0 aliphatic heterocycles. The van der Waals surface area contributed by atoms with Crippen LogP contribution in [0.1, 0.15) is 19.6 Å². The fourth-order valence-electron chi connectivity index (χ4n) is 1.36. The Labute approximate surface area is 101 Å². The Hall–Kier alpha value is -0.900. The lowest BCUT2D eigenvalue weighted by atomic mass is 10.1. The van der Waals surface area contributed by atoms with Crippen molar-refractivity contribution in [1.29, 1.82) is 0 Å². The van der Waals surface area contributed by atoms with Crippen LogP contribution in [0.5, 0.6) is 0 Å². The molecule has 0 spiro atoms. The van der Waals surface area contributed by atoms with Crippen molar-refractivity contribution in [3.05, 3.63) is 18.1 Å². The Morgan fingerprint density at radius 1 is 1.44 bits per heavy atom. The molecular weight excluding hydrogens is 222 g/mol. The third-order valence-corrected chi connectivity index (χ3v) is 4.03. The average molecular weight is 241 g/mol. The molecular formula is C12H19NO2S. The Bertz CT molecular complexity index is 358. The molecule has 0 bridgehead atoms. The zero-order chi connectivity index (χ0) is 12.3. The number of hydrogen-bond donors (Lipinski definition) is 0. The maximum Gasteiger partial charge on any atom is 0.235 e. The molecule has 1 unspecified atom stereocenters. The van der Waals surface area contributed by atoms with E-state index in [0.29, 0.717) is 5.92 Å². The van der Waals surface area contributed by atoms with Crippen LogP contribution in [0.2, 0.25) is 0 Å². The molecule has 0 fully saturated rings. The number of nitrogens with zero attached hydrogens (tertiary/aromatic N) is 1. The number of thioether (sulfide) groups is 1. The molecule has 0 aromatic carbocycles. The lowest BCUT2D eigenvalue weighted by Gasteiger charge is -2.22. The van der Waals surface area contributed by atoms with Crippen molar-refractivity contribution >= 4 is 17.7 Å². The van der Waals surface area contributed by atoms with Crippen LogP contribution in [0.25, 0.3) is 0 Å². The Morgan fingerprint density at radius 3 is 2.44 bits per heavy atom. The van der Waals surface area contributed by atoms with Gasteiger partial charge in [-0.3, -0.25) is 4.79 Å². The van der Waals surface area contributed by atoms with Gasteiger partial charge in [0.15, 0.2) is 0 Å². The molecule has 3 nitrogen and oxygen atoms in total. The fourth-order valence-corrected chi connectivity index (χ4v) is 2.56. The summed E-state index contributed by atoms with van der Waals surface area (Å²) in [7, 11) is 3.58. The minimum Gasteiger partial charge on any atom is -0.468 e. The Kier molecular flexibility index (Phi) is 4.47. The van der Waals surface area contributed by atoms with Crippen LogP contribution < -0.4 is 0 Å². The van der Waals surface area contributed by atoms with E-state index < -0.39 is 0 Å². The average Bonchev–Trinajstić information content (AvgIpc) is 2.59. The molecule has 0 saturated heterocycles. The summed E-state index contributed by atoms with van der Waals surface area (Å²) in [5.74, 6) is 1.33. The van der Waals surface area contributed by atoms with E-state index >= 15 is 0 Å². The second kappa shape index (κ2) is 5.43. The van der Waals surface area contributed by atoms with Crippen LogP contribution >= 0.6 is 11.8 Å². The highest BCUT2D eigenvalue weighted by Crippen LogP contribution is 2.31. The standard InChI is InChI=1S/C12H19NO2S/c1-8(2)11(12(14)13(4)5)16-10-6-7-15-9(10)3/h6-8,11H,1-5H3. The van der Waals surface area contributed by atoms with E-state index in [9.17, 15) is 4.79 Å². The minimum atomic E-state index is -0.0497. The first-order valence-electron chi connectivity index (χ1n) is 5.35. The van der Waals surface area contributed by atoms with E-state index in [2.05, 4.69) is 13.8 Å². The summed E-state index contributed by atoms with van der Waals surface area (Å²) in [6.45, 7) is 6.04. The molecule has 1 heterocycles. The first-order chi connectivity index (χ1) is 7.43. The molecule has 0 N–H and O–H groups in total. The molecule has 0 saturated carbocycles. The van der Waals surface area contributed by atoms with Gasteiger partial charge in [-0.05, 0) is 18.9 Å². The topological polar surface area (TPSA) is 33.5 Å². The predicted molar refractivity (Wildman–Crippen MR) is 66.6 cm³/mol. The molecule has 16 heavy (non-hydrogen) atoms. The van der Waals surface area contributed by atoms with Gasteiger partial charge < -0.3 is 9.32 Å². The summed E-state index contributed by atoms with van der Waals surface area (Å²) in [6.07, 6.45) is 1.66. The number of amides is 1. The number of carbonyl (C=O) groups excluding carboxylic acids is 1. The van der Waals surface area contributed by atoms with Crippen molar-refractivity contribution in [2.75, 3.05) is 14.1 Å². The van der Waals surface area contributed by atoms with Gasteiger partial charge in [-0.25, -0.2) is 0 Å². The van der Waals surface area contributed by atoms with Crippen molar-refractivity contribution in [1.82, 2.24) is 4.90 Å². The molecule has 4 heteroatoms. The van der Waals surface area contributed by atoms with Crippen molar-refractivity contribution < 1.29 is 9.21 Å². The predicted octanol–water partition coefficient (Wildman–Crippen LogP) is 2.79. The largest absolute Gasteiger partial charge is 0.468 e. The third-order valence-electron chi connectivity index (χ3n) is 2.35. The van der Waals surface area contributed by atoms with Crippen LogP contribution in [-0.2, 0) is 4.79 Å². The molecule has 0 aliphatic rings. The van der Waals surface area contributed by atoms with Crippen LogP contribution in [0, 0.1) is 12.8 Å². The monoisotopic (exact) mass is 241 g/mol. The van der Waals surface area contributed by atoms with E-state index in [1.165, 1.54) is 0 Å². The molecule has 1 aromatic rings. The molecule has 1 amide bonds. The highest BCUT2D eigenvalue weighted by Gasteiger charge is 2.25. The van der Waals surface area contributed by atoms with Gasteiger partial charge in [0.25, 0.3) is 0 Å². The van der Waals surface area contributed by atoms with Gasteiger partial charge in [0, 0.05) is 19.0 Å². The quantitative estimate of drug-likeness (QED) is 0.760. The summed E-state index contributed by atoms with van der Waals surface area (Å²) in [5.41, 5.74) is 0. The van der Waals surface area contributed by atoms with Crippen molar-refractivity contribution in [2.45, 2.75) is 30.9 Å². The summed E-state index contributed by atoms with van der Waals surface area (Å²) >= 11 is 1.58. The highest BCUT2D eigenvalue weighted by molar-refractivity contribution is 8.00. The van der Waals surface area contributed by atoms with Crippen LogP contribution in [0.3, 0.4) is 0 Å². The van der Waals surface area contributed by atoms with E-state index in [0.717, 1.165) is 10.7 Å². The summed E-state index contributed by atoms with van der Waals surface area (Å²) in [6, 6.07) is 1.92. The second-order valence-corrected chi connectivity index (χ2v) is 5.54. The van der Waals surface area contributed by atoms with Crippen LogP contribution in [0.4, 0.5) is 0 Å². The molecule has 90 valence electrons. The number of rotatable bonds is 4. The molecule has 0 radical (unpaired) electrons. The van der Waals surface area contributed by atoms with Gasteiger partial charge in [-0.15, -0.1) is 11.8 Å². The van der Waals surface area contributed by atoms with Crippen molar-refractivity contribution in [3.63, 3.8) is 0 Å². The lowest BCUT2D eigenvalue weighted by Crippen LogP contribution is -2.34. The van der Waals surface area contributed by atoms with Gasteiger partial charge >= 0.3 is 0 Å². The number of furan rings is 1. The molecule has 0 aliphatic carbocycles. The van der Waals surface area contributed by atoms with Gasteiger partial charge in [0.2, 0.25) is 5.91 Å². The van der Waals surface area contributed by atoms with Gasteiger partial charge in [-0.2, -0.15) is 0 Å². The lowest BCUT2D eigenvalue weighted by molar-refractivity contribution is -0.128. The zero-order valence-corrected chi connectivity index (χ0v) is 11.3. The number of aryl methyl sites for hydroxylation is 1. The van der Waals surface area contributed by atoms with Gasteiger partial charge in [0.05, 0.1) is 11.5 Å². The van der Waals surface area contributed by atoms with Crippen LogP contribution in [0.15, 0.2) is 21.6 Å². The molecule has 1 rings (SSSR count). The smallest absolute Gasteiger partial charge is 0.235 e. The summed E-state index contributed by atoms with van der Waals surface area (Å²) in [4.78, 5) is 14.7. The van der Waals surface area contributed by atoms with E-state index in [1.807, 2.05) is 13.0 Å². The van der Waals surface area contributed by atoms with Crippen molar-refractivity contribution in [3.8, 4) is 0 Å². The SMILES string of the molecule is Cc1occc1SC(C(=O)N(C)C)C(C)C. The minimum absolute atomic E-state index is 0.0497. The second-order valence-electron chi connectivity index (χ2n) is 4.36. The fraction of sp³-hybridized carbons (Fsp3) is 0.583. The molecule has 1 atom stereocenters. The van der Waals surface area contributed by atoms with E-state index in [-0.39, 0.29) is 11.2 Å². The maximum absolute atomic E-state index is 12.0. The van der Waals surface area contributed by atoms with E-state index in [1.54, 1.807) is 37.0 Å².